The summed E-state index contributed by atoms with van der Waals surface area (Å²) in [5.41, 5.74) is 2.30. The van der Waals surface area contributed by atoms with Gasteiger partial charge < -0.3 is 4.74 Å². The minimum absolute atomic E-state index is 0.0300. The van der Waals surface area contributed by atoms with E-state index < -0.39 is 10.0 Å². The average Bonchev–Trinajstić information content (AvgIpc) is 2.54. The van der Waals surface area contributed by atoms with Gasteiger partial charge in [-0.25, -0.2) is 8.42 Å². The number of nitrogens with zero attached hydrogens (tertiary/aromatic N) is 2. The molecule has 7 heteroatoms. The lowest BCUT2D eigenvalue weighted by Gasteiger charge is -2.18. The zero-order valence-corrected chi connectivity index (χ0v) is 15.9. The van der Waals surface area contributed by atoms with Crippen molar-refractivity contribution in [1.82, 2.24) is 4.31 Å². The number of hydrogen-bond acceptors (Lipinski definition) is 4. The van der Waals surface area contributed by atoms with Crippen molar-refractivity contribution in [2.45, 2.75) is 18.7 Å². The summed E-state index contributed by atoms with van der Waals surface area (Å²) in [6.45, 7) is 4.35. The van der Waals surface area contributed by atoms with Gasteiger partial charge in [-0.1, -0.05) is 17.7 Å². The second-order valence-corrected chi connectivity index (χ2v) is 8.20. The SMILES string of the molecule is Cc1cc(C)cc(OCCN(C)S(=O)(=O)c2ccc(Cl)c(C#N)c2)c1. The third-order valence-corrected chi connectivity index (χ3v) is 5.82. The summed E-state index contributed by atoms with van der Waals surface area (Å²) in [6.07, 6.45) is 0. The van der Waals surface area contributed by atoms with Crippen LogP contribution in [0.15, 0.2) is 41.3 Å². The third-order valence-electron chi connectivity index (χ3n) is 3.64. The van der Waals surface area contributed by atoms with Crippen LogP contribution in [0.3, 0.4) is 0 Å². The quantitative estimate of drug-likeness (QED) is 0.770. The summed E-state index contributed by atoms with van der Waals surface area (Å²) in [6, 6.07) is 11.8. The van der Waals surface area contributed by atoms with Gasteiger partial charge in [-0.3, -0.25) is 0 Å². The van der Waals surface area contributed by atoms with Gasteiger partial charge in [-0.05, 0) is 55.3 Å². The Labute approximate surface area is 153 Å². The molecule has 0 aromatic heterocycles. The number of ether oxygens (including phenoxy) is 1. The number of aryl methyl sites for hydroxylation is 2. The highest BCUT2D eigenvalue weighted by atomic mass is 35.5. The van der Waals surface area contributed by atoms with E-state index in [0.29, 0.717) is 5.75 Å². The predicted octanol–water partition coefficient (Wildman–Crippen LogP) is 3.53. The molecule has 0 heterocycles. The summed E-state index contributed by atoms with van der Waals surface area (Å²) in [5, 5.41) is 9.22. The van der Waals surface area contributed by atoms with Gasteiger partial charge in [0.05, 0.1) is 15.5 Å². The number of likely N-dealkylation sites (N-methyl/N-ethyl adjacent to an activating group) is 1. The molecule has 0 amide bonds. The maximum Gasteiger partial charge on any atom is 0.242 e. The number of halogens is 1. The summed E-state index contributed by atoms with van der Waals surface area (Å²) in [7, 11) is -2.24. The number of hydrogen-bond donors (Lipinski definition) is 0. The molecule has 0 atom stereocenters. The van der Waals surface area contributed by atoms with Crippen molar-refractivity contribution in [2.75, 3.05) is 20.2 Å². The van der Waals surface area contributed by atoms with Crippen molar-refractivity contribution in [3.63, 3.8) is 0 Å². The van der Waals surface area contributed by atoms with Crippen molar-refractivity contribution in [3.8, 4) is 11.8 Å². The lowest BCUT2D eigenvalue weighted by Crippen LogP contribution is -2.31. The van der Waals surface area contributed by atoms with Gasteiger partial charge in [-0.2, -0.15) is 9.57 Å². The molecule has 0 saturated carbocycles. The van der Waals surface area contributed by atoms with Crippen LogP contribution in [0.25, 0.3) is 0 Å². The lowest BCUT2D eigenvalue weighted by atomic mass is 10.1. The van der Waals surface area contributed by atoms with E-state index in [0.717, 1.165) is 11.1 Å². The van der Waals surface area contributed by atoms with Crippen molar-refractivity contribution >= 4 is 21.6 Å². The van der Waals surface area contributed by atoms with Crippen LogP contribution in [0.5, 0.6) is 5.75 Å². The van der Waals surface area contributed by atoms with E-state index in [4.69, 9.17) is 21.6 Å². The molecule has 0 aliphatic rings. The standard InChI is InChI=1S/C18H19ClN2O3S/c1-13-8-14(2)10-16(9-13)24-7-6-21(3)25(22,23)17-4-5-18(19)15(11-17)12-20/h4-5,8-11H,6-7H2,1-3H3. The number of nitriles is 1. The first-order valence-electron chi connectivity index (χ1n) is 7.61. The van der Waals surface area contributed by atoms with Crippen molar-refractivity contribution < 1.29 is 13.2 Å². The Balaban J connectivity index is 2.06. The highest BCUT2D eigenvalue weighted by Crippen LogP contribution is 2.22. The first-order chi connectivity index (χ1) is 11.7. The minimum atomic E-state index is -3.72. The van der Waals surface area contributed by atoms with E-state index in [1.165, 1.54) is 29.6 Å². The van der Waals surface area contributed by atoms with Crippen LogP contribution in [0, 0.1) is 25.2 Å². The Morgan fingerprint density at radius 3 is 2.40 bits per heavy atom. The molecule has 0 aliphatic carbocycles. The van der Waals surface area contributed by atoms with Crippen LogP contribution in [-0.2, 0) is 10.0 Å². The van der Waals surface area contributed by atoms with Gasteiger partial charge in [0, 0.05) is 13.6 Å². The maximum absolute atomic E-state index is 12.6. The topological polar surface area (TPSA) is 70.4 Å². The molecule has 0 spiro atoms. The molecule has 132 valence electrons. The van der Waals surface area contributed by atoms with Crippen LogP contribution in [0.1, 0.15) is 16.7 Å². The lowest BCUT2D eigenvalue weighted by molar-refractivity contribution is 0.286. The molecule has 0 radical (unpaired) electrons. The molecule has 0 aliphatic heterocycles. The van der Waals surface area contributed by atoms with E-state index >= 15 is 0 Å². The molecule has 2 rings (SSSR count). The second kappa shape index (κ2) is 7.87. The molecule has 0 fully saturated rings. The molecule has 2 aromatic rings. The van der Waals surface area contributed by atoms with Crippen LogP contribution < -0.4 is 4.74 Å². The number of benzene rings is 2. The number of rotatable bonds is 6. The van der Waals surface area contributed by atoms with Crippen molar-refractivity contribution in [3.05, 3.63) is 58.1 Å². The fourth-order valence-corrected chi connectivity index (χ4v) is 3.70. The number of sulfonamides is 1. The Morgan fingerprint density at radius 2 is 1.80 bits per heavy atom. The monoisotopic (exact) mass is 378 g/mol. The third kappa shape index (κ3) is 4.73. The zero-order chi connectivity index (χ0) is 18.6. The van der Waals surface area contributed by atoms with Crippen molar-refractivity contribution in [2.24, 2.45) is 0 Å². The Kier molecular flexibility index (Phi) is 6.07. The molecule has 2 aromatic carbocycles. The molecular weight excluding hydrogens is 360 g/mol. The Morgan fingerprint density at radius 1 is 1.16 bits per heavy atom. The van der Waals surface area contributed by atoms with E-state index in [9.17, 15) is 8.42 Å². The highest BCUT2D eigenvalue weighted by Gasteiger charge is 2.21. The first-order valence-corrected chi connectivity index (χ1v) is 9.43. The van der Waals surface area contributed by atoms with Crippen LogP contribution in [-0.4, -0.2) is 32.9 Å². The van der Waals surface area contributed by atoms with Gasteiger partial charge in [-0.15, -0.1) is 0 Å². The predicted molar refractivity (Wildman–Crippen MR) is 97.4 cm³/mol. The van der Waals surface area contributed by atoms with Crippen LogP contribution in [0.2, 0.25) is 5.02 Å². The van der Waals surface area contributed by atoms with E-state index in [1.54, 1.807) is 0 Å². The minimum Gasteiger partial charge on any atom is -0.492 e. The van der Waals surface area contributed by atoms with E-state index in [2.05, 4.69) is 0 Å². The van der Waals surface area contributed by atoms with Gasteiger partial charge in [0.25, 0.3) is 0 Å². The molecule has 0 bridgehead atoms. The smallest absolute Gasteiger partial charge is 0.242 e. The molecule has 0 N–H and O–H groups in total. The normalized spacial score (nSPS) is 11.4. The second-order valence-electron chi connectivity index (χ2n) is 5.75. The molecular formula is C18H19ClN2O3S. The summed E-state index contributed by atoms with van der Waals surface area (Å²) < 4.78 is 32.0. The highest BCUT2D eigenvalue weighted by molar-refractivity contribution is 7.89. The molecule has 25 heavy (non-hydrogen) atoms. The van der Waals surface area contributed by atoms with E-state index in [1.807, 2.05) is 38.1 Å². The zero-order valence-electron chi connectivity index (χ0n) is 14.3. The fraction of sp³-hybridized carbons (Fsp3) is 0.278. The van der Waals surface area contributed by atoms with Crippen LogP contribution in [0.4, 0.5) is 0 Å². The van der Waals surface area contributed by atoms with Gasteiger partial charge in [0.2, 0.25) is 10.0 Å². The largest absolute Gasteiger partial charge is 0.492 e. The Hall–Kier alpha value is -2.07. The van der Waals surface area contributed by atoms with Gasteiger partial charge in [0.15, 0.2) is 0 Å². The fourth-order valence-electron chi connectivity index (χ4n) is 2.36. The van der Waals surface area contributed by atoms with Crippen molar-refractivity contribution in [1.29, 1.82) is 5.26 Å². The summed E-state index contributed by atoms with van der Waals surface area (Å²) in [5.74, 6) is 0.710. The first kappa shape index (κ1) is 19.3. The van der Waals surface area contributed by atoms with Crippen LogP contribution >= 0.6 is 11.6 Å². The molecule has 0 saturated heterocycles. The van der Waals surface area contributed by atoms with Gasteiger partial charge in [0.1, 0.15) is 18.4 Å². The summed E-state index contributed by atoms with van der Waals surface area (Å²) >= 11 is 5.85. The average molecular weight is 379 g/mol. The molecule has 5 nitrogen and oxygen atoms in total. The Bertz CT molecular complexity index is 900. The summed E-state index contributed by atoms with van der Waals surface area (Å²) in [4.78, 5) is 0.0300. The van der Waals surface area contributed by atoms with E-state index in [-0.39, 0.29) is 28.6 Å². The molecule has 0 unspecified atom stereocenters. The van der Waals surface area contributed by atoms with Gasteiger partial charge >= 0.3 is 0 Å². The maximum atomic E-state index is 12.6.